The van der Waals surface area contributed by atoms with Crippen molar-refractivity contribution in [3.05, 3.63) is 30.2 Å². The van der Waals surface area contributed by atoms with Crippen LogP contribution in [0, 0.1) is 0 Å². The molecule has 13 heavy (non-hydrogen) atoms. The maximum atomic E-state index is 4.94. The minimum Gasteiger partial charge on any atom is -0.472 e. The van der Waals surface area contributed by atoms with Crippen molar-refractivity contribution in [2.75, 3.05) is 13.1 Å². The van der Waals surface area contributed by atoms with E-state index in [1.54, 1.807) is 12.5 Å². The van der Waals surface area contributed by atoms with Crippen LogP contribution in [0.3, 0.4) is 0 Å². The summed E-state index contributed by atoms with van der Waals surface area (Å²) in [6.45, 7) is 4.34. The first-order valence-corrected chi connectivity index (χ1v) is 4.83. The van der Waals surface area contributed by atoms with Crippen LogP contribution in [0.1, 0.15) is 25.3 Å². The predicted molar refractivity (Wildman–Crippen MR) is 55.5 cm³/mol. The Morgan fingerprint density at radius 2 is 2.38 bits per heavy atom. The Bertz CT molecular complexity index is 226. The smallest absolute Gasteiger partial charge is 0.0974 e. The Kier molecular flexibility index (Phi) is 5.02. The van der Waals surface area contributed by atoms with Gasteiger partial charge < -0.3 is 9.73 Å². The van der Waals surface area contributed by atoms with Gasteiger partial charge in [-0.05, 0) is 32.0 Å². The summed E-state index contributed by atoms with van der Waals surface area (Å²) >= 11 is 0. The van der Waals surface area contributed by atoms with E-state index in [9.17, 15) is 0 Å². The van der Waals surface area contributed by atoms with E-state index in [0.717, 1.165) is 25.1 Å². The molecule has 0 aliphatic heterocycles. The molecule has 0 fully saturated rings. The Hall–Kier alpha value is -1.02. The molecule has 1 N–H and O–H groups in total. The van der Waals surface area contributed by atoms with Gasteiger partial charge in [-0.1, -0.05) is 19.1 Å². The van der Waals surface area contributed by atoms with E-state index in [4.69, 9.17) is 4.42 Å². The molecule has 0 amide bonds. The third kappa shape index (κ3) is 4.53. The lowest BCUT2D eigenvalue weighted by molar-refractivity contribution is 0.567. The molecule has 0 aliphatic carbocycles. The van der Waals surface area contributed by atoms with E-state index in [0.29, 0.717) is 0 Å². The largest absolute Gasteiger partial charge is 0.472 e. The van der Waals surface area contributed by atoms with Gasteiger partial charge in [-0.3, -0.25) is 0 Å². The second-order valence-electron chi connectivity index (χ2n) is 3.00. The van der Waals surface area contributed by atoms with Crippen molar-refractivity contribution in [3.8, 4) is 0 Å². The lowest BCUT2D eigenvalue weighted by Crippen LogP contribution is -2.14. The van der Waals surface area contributed by atoms with Crippen LogP contribution in [0.5, 0.6) is 0 Å². The molecule has 1 aromatic heterocycles. The van der Waals surface area contributed by atoms with E-state index >= 15 is 0 Å². The number of hydrogen-bond donors (Lipinski definition) is 1. The molecule has 0 saturated carbocycles. The van der Waals surface area contributed by atoms with Crippen molar-refractivity contribution in [2.24, 2.45) is 0 Å². The van der Waals surface area contributed by atoms with Gasteiger partial charge in [-0.2, -0.15) is 0 Å². The van der Waals surface area contributed by atoms with Crippen LogP contribution >= 0.6 is 0 Å². The summed E-state index contributed by atoms with van der Waals surface area (Å²) in [6.07, 6.45) is 9.95. The Morgan fingerprint density at radius 1 is 1.46 bits per heavy atom. The Balaban J connectivity index is 2.05. The Morgan fingerprint density at radius 3 is 3.08 bits per heavy atom. The maximum absolute atomic E-state index is 4.94. The minimum atomic E-state index is 1.06. The first kappa shape index (κ1) is 10.1. The number of furan rings is 1. The van der Waals surface area contributed by atoms with Crippen LogP contribution in [-0.4, -0.2) is 13.1 Å². The van der Waals surface area contributed by atoms with Crippen LogP contribution in [0.4, 0.5) is 0 Å². The van der Waals surface area contributed by atoms with Gasteiger partial charge in [0.05, 0.1) is 12.5 Å². The van der Waals surface area contributed by atoms with Crippen LogP contribution < -0.4 is 5.32 Å². The first-order chi connectivity index (χ1) is 6.43. The molecule has 0 radical (unpaired) electrons. The number of hydrogen-bond acceptors (Lipinski definition) is 2. The quantitative estimate of drug-likeness (QED) is 0.679. The molecule has 0 atom stereocenters. The van der Waals surface area contributed by atoms with Crippen LogP contribution in [-0.2, 0) is 0 Å². The Labute approximate surface area is 79.6 Å². The highest BCUT2D eigenvalue weighted by molar-refractivity contribution is 5.46. The summed E-state index contributed by atoms with van der Waals surface area (Å²) in [7, 11) is 0. The van der Waals surface area contributed by atoms with Crippen molar-refractivity contribution in [1.82, 2.24) is 5.32 Å². The van der Waals surface area contributed by atoms with E-state index in [1.807, 2.05) is 6.07 Å². The van der Waals surface area contributed by atoms with E-state index in [-0.39, 0.29) is 0 Å². The third-order valence-electron chi connectivity index (χ3n) is 1.77. The standard InChI is InChI=1S/C11H17NO/c1-2-7-12-8-4-3-5-11-6-9-13-10-11/h3,5-6,9-10,12H,2,4,7-8H2,1H3. The molecule has 2 nitrogen and oxygen atoms in total. The zero-order chi connectivity index (χ0) is 9.36. The summed E-state index contributed by atoms with van der Waals surface area (Å²) in [5.41, 5.74) is 1.13. The van der Waals surface area contributed by atoms with E-state index in [1.165, 1.54) is 6.42 Å². The van der Waals surface area contributed by atoms with Gasteiger partial charge in [0.15, 0.2) is 0 Å². The van der Waals surface area contributed by atoms with Crippen LogP contribution in [0.25, 0.3) is 6.08 Å². The summed E-state index contributed by atoms with van der Waals surface area (Å²) < 4.78 is 4.94. The molecule has 0 bridgehead atoms. The molecule has 1 rings (SSSR count). The van der Waals surface area contributed by atoms with Gasteiger partial charge in [-0.15, -0.1) is 0 Å². The van der Waals surface area contributed by atoms with E-state index in [2.05, 4.69) is 24.4 Å². The summed E-state index contributed by atoms with van der Waals surface area (Å²) in [5, 5.41) is 3.34. The zero-order valence-corrected chi connectivity index (χ0v) is 8.12. The van der Waals surface area contributed by atoms with Crippen molar-refractivity contribution >= 4 is 6.08 Å². The summed E-state index contributed by atoms with van der Waals surface area (Å²) in [6, 6.07) is 1.95. The van der Waals surface area contributed by atoms with Gasteiger partial charge in [0.1, 0.15) is 0 Å². The zero-order valence-electron chi connectivity index (χ0n) is 8.12. The van der Waals surface area contributed by atoms with Gasteiger partial charge in [0, 0.05) is 5.56 Å². The van der Waals surface area contributed by atoms with Crippen molar-refractivity contribution < 1.29 is 4.42 Å². The molecular weight excluding hydrogens is 162 g/mol. The molecular formula is C11H17NO. The molecule has 0 saturated heterocycles. The second kappa shape index (κ2) is 6.49. The highest BCUT2D eigenvalue weighted by Gasteiger charge is 1.85. The fraction of sp³-hybridized carbons (Fsp3) is 0.455. The van der Waals surface area contributed by atoms with Crippen molar-refractivity contribution in [2.45, 2.75) is 19.8 Å². The predicted octanol–water partition coefficient (Wildman–Crippen LogP) is 2.68. The third-order valence-corrected chi connectivity index (χ3v) is 1.77. The first-order valence-electron chi connectivity index (χ1n) is 4.83. The summed E-state index contributed by atoms with van der Waals surface area (Å²) in [5.74, 6) is 0. The fourth-order valence-corrected chi connectivity index (χ4v) is 1.08. The van der Waals surface area contributed by atoms with Crippen LogP contribution in [0.2, 0.25) is 0 Å². The second-order valence-corrected chi connectivity index (χ2v) is 3.00. The molecule has 1 aromatic rings. The average Bonchev–Trinajstić information content (AvgIpc) is 2.63. The molecule has 2 heteroatoms. The van der Waals surface area contributed by atoms with Gasteiger partial charge in [0.2, 0.25) is 0 Å². The normalized spacial score (nSPS) is 11.2. The minimum absolute atomic E-state index is 1.06. The molecule has 0 unspecified atom stereocenters. The maximum Gasteiger partial charge on any atom is 0.0974 e. The number of nitrogens with one attached hydrogen (secondary N) is 1. The molecule has 1 heterocycles. The monoisotopic (exact) mass is 179 g/mol. The lowest BCUT2D eigenvalue weighted by atomic mass is 10.3. The molecule has 0 aliphatic rings. The molecule has 0 spiro atoms. The lowest BCUT2D eigenvalue weighted by Gasteiger charge is -1.97. The van der Waals surface area contributed by atoms with Crippen molar-refractivity contribution in [1.29, 1.82) is 0 Å². The van der Waals surface area contributed by atoms with Gasteiger partial charge in [0.25, 0.3) is 0 Å². The van der Waals surface area contributed by atoms with Gasteiger partial charge >= 0.3 is 0 Å². The highest BCUT2D eigenvalue weighted by atomic mass is 16.3. The molecule has 0 aromatic carbocycles. The van der Waals surface area contributed by atoms with E-state index < -0.39 is 0 Å². The summed E-state index contributed by atoms with van der Waals surface area (Å²) in [4.78, 5) is 0. The van der Waals surface area contributed by atoms with Gasteiger partial charge in [-0.25, -0.2) is 0 Å². The topological polar surface area (TPSA) is 25.2 Å². The van der Waals surface area contributed by atoms with Crippen molar-refractivity contribution in [3.63, 3.8) is 0 Å². The SMILES string of the molecule is CCCNCCC=Cc1ccoc1. The number of rotatable bonds is 6. The average molecular weight is 179 g/mol. The molecule has 72 valence electrons. The van der Waals surface area contributed by atoms with Crippen LogP contribution in [0.15, 0.2) is 29.1 Å². The fourth-order valence-electron chi connectivity index (χ4n) is 1.08. The highest BCUT2D eigenvalue weighted by Crippen LogP contribution is 2.02.